The summed E-state index contributed by atoms with van der Waals surface area (Å²) in [5.41, 5.74) is 37.1. The molecule has 4 aliphatic carbocycles. The highest BCUT2D eigenvalue weighted by Gasteiger charge is 2.55. The molecule has 0 fully saturated rings. The van der Waals surface area contributed by atoms with Crippen LogP contribution in [0.5, 0.6) is 0 Å². The molecule has 2 spiro atoms. The van der Waals surface area contributed by atoms with E-state index in [0.29, 0.717) is 0 Å². The third-order valence-electron chi connectivity index (χ3n) is 24.3. The van der Waals surface area contributed by atoms with Gasteiger partial charge < -0.3 is 9.80 Å². The highest BCUT2D eigenvalue weighted by Crippen LogP contribution is 2.69. The maximum atomic E-state index is 2.60. The van der Waals surface area contributed by atoms with Gasteiger partial charge in [-0.25, -0.2) is 0 Å². The molecular weight excluding hydrogens is 1290 g/mol. The molecule has 18 aromatic rings. The molecule has 0 saturated carbocycles. The lowest BCUT2D eigenvalue weighted by atomic mass is 9.70. The third kappa shape index (κ3) is 8.58. The van der Waals surface area contributed by atoms with Crippen LogP contribution in [0, 0.1) is 20.8 Å². The summed E-state index contributed by atoms with van der Waals surface area (Å²) in [5, 5.41) is 9.82. The average Bonchev–Trinajstić information content (AvgIpc) is 1.51. The molecule has 0 radical (unpaired) electrons. The van der Waals surface area contributed by atoms with Crippen LogP contribution in [0.1, 0.15) is 61.2 Å². The van der Waals surface area contributed by atoms with Crippen LogP contribution in [0.3, 0.4) is 0 Å². The molecule has 0 aliphatic heterocycles. The van der Waals surface area contributed by atoms with Crippen LogP contribution in [-0.2, 0) is 10.8 Å². The van der Waals surface area contributed by atoms with E-state index >= 15 is 0 Å². The summed E-state index contributed by atoms with van der Waals surface area (Å²) in [4.78, 5) is 5.14. The van der Waals surface area contributed by atoms with Crippen molar-refractivity contribution in [2.24, 2.45) is 0 Å². The molecule has 0 atom stereocenters. The molecular formula is C105H70N2. The van der Waals surface area contributed by atoms with E-state index in [9.17, 15) is 0 Å². The molecule has 107 heavy (non-hydrogen) atoms. The molecule has 0 heterocycles. The number of nitrogens with zero attached hydrogens (tertiary/aromatic N) is 2. The van der Waals surface area contributed by atoms with Gasteiger partial charge in [0.05, 0.1) is 27.9 Å². The van der Waals surface area contributed by atoms with E-state index < -0.39 is 10.8 Å². The molecule has 0 N–H and O–H groups in total. The first-order valence-corrected chi connectivity index (χ1v) is 37.5. The molecule has 0 amide bonds. The van der Waals surface area contributed by atoms with Gasteiger partial charge in [-0.05, 0) is 242 Å². The Morgan fingerprint density at radius 1 is 0.196 bits per heavy atom. The Morgan fingerprint density at radius 3 is 1.17 bits per heavy atom. The first kappa shape index (κ1) is 61.1. The fourth-order valence-corrected chi connectivity index (χ4v) is 19.9. The molecule has 2 nitrogen and oxygen atoms in total. The summed E-state index contributed by atoms with van der Waals surface area (Å²) in [5.74, 6) is 0. The quantitative estimate of drug-likeness (QED) is 0.142. The second kappa shape index (κ2) is 23.3. The van der Waals surface area contributed by atoms with Crippen molar-refractivity contribution in [3.05, 3.63) is 431 Å². The molecule has 2 heteroatoms. The van der Waals surface area contributed by atoms with Crippen LogP contribution in [0.2, 0.25) is 0 Å². The molecule has 18 aromatic carbocycles. The van der Waals surface area contributed by atoms with Crippen molar-refractivity contribution in [3.8, 4) is 77.9 Å². The number of aryl methyl sites for hydroxylation is 2. The molecule has 4 aliphatic rings. The molecule has 0 aromatic heterocycles. The highest BCUT2D eigenvalue weighted by atomic mass is 15.2. The van der Waals surface area contributed by atoms with Gasteiger partial charge in [-0.2, -0.15) is 0 Å². The Balaban J connectivity index is 0.766. The molecule has 0 bridgehead atoms. The Hall–Kier alpha value is -13.4. The van der Waals surface area contributed by atoms with E-state index in [4.69, 9.17) is 0 Å². The van der Waals surface area contributed by atoms with Gasteiger partial charge in [0.1, 0.15) is 0 Å². The fraction of sp³-hybridized carbons (Fsp3) is 0.0476. The van der Waals surface area contributed by atoms with Gasteiger partial charge in [-0.1, -0.05) is 315 Å². The molecule has 0 saturated heterocycles. The minimum atomic E-state index is -0.658. The van der Waals surface area contributed by atoms with Gasteiger partial charge in [0.15, 0.2) is 0 Å². The largest absolute Gasteiger partial charge is 0.310 e. The lowest BCUT2D eigenvalue weighted by Gasteiger charge is -2.34. The predicted octanol–water partition coefficient (Wildman–Crippen LogP) is 27.9. The maximum Gasteiger partial charge on any atom is 0.0726 e. The van der Waals surface area contributed by atoms with Gasteiger partial charge >= 0.3 is 0 Å². The average molecular weight is 1360 g/mol. The Labute approximate surface area is 623 Å². The summed E-state index contributed by atoms with van der Waals surface area (Å²) in [6, 6.07) is 141. The number of para-hydroxylation sites is 1. The van der Waals surface area contributed by atoms with Crippen LogP contribution < -0.4 is 9.80 Å². The topological polar surface area (TPSA) is 6.48 Å². The molecule has 0 unspecified atom stereocenters. The summed E-state index contributed by atoms with van der Waals surface area (Å²) >= 11 is 0. The minimum absolute atomic E-state index is 0.581. The number of anilines is 6. The lowest BCUT2D eigenvalue weighted by Crippen LogP contribution is -2.26. The van der Waals surface area contributed by atoms with Gasteiger partial charge in [0.2, 0.25) is 0 Å². The zero-order chi connectivity index (χ0) is 70.8. The van der Waals surface area contributed by atoms with Crippen molar-refractivity contribution in [2.45, 2.75) is 31.6 Å². The monoisotopic (exact) mass is 1360 g/mol. The Bertz CT molecular complexity index is 6690. The third-order valence-corrected chi connectivity index (χ3v) is 24.3. The summed E-state index contributed by atoms with van der Waals surface area (Å²) in [6.07, 6.45) is 0. The van der Waals surface area contributed by atoms with Crippen molar-refractivity contribution in [3.63, 3.8) is 0 Å². The van der Waals surface area contributed by atoms with Crippen molar-refractivity contribution < 1.29 is 0 Å². The number of fused-ring (bicyclic) bond motifs is 28. The SMILES string of the molecule is Cc1ccc(N(c2cc(C)cc(-c3ccc4c5c(ccc4c3)C3(c4ccccc4-c4ccccc43)c3cc(N(c4ccccc4)c4ccc(-c6ccccc6)cc4-c4ccccc4)c4ccccc4c3-5)c2C)c2cc3c(c4ccccc24)-c2c(ccc4ccccc24)C32c3ccccc3-c3ccccc32)cc1. The standard InChI is InChI=1S/C105H70N2/c1-65-47-53-75(54-48-65)107(99-64-95-102(85-42-18-16-40-83(85)99)100-76-34-14-13-31-70(76)50-56-92(100)104(95)88-43-23-19-35-78(88)79-36-20-24-44-89(79)104)97-60-66(2)59-86(67(97)3)73-49-55-77-72(61-73)51-57-93-101(77)103-84-41-17-15-39-82(84)98(63-94(103)105(93)90-45-25-21-37-80(90)81-38-22-26-46-91(81)105)106(74-32-11-6-12-33-74)96-58-52-71(68-27-7-4-8-28-68)62-87(96)69-29-9-5-10-30-69/h4-64H,1-3H3. The van der Waals surface area contributed by atoms with Crippen LogP contribution in [0.4, 0.5) is 34.1 Å². The predicted molar refractivity (Wildman–Crippen MR) is 449 cm³/mol. The lowest BCUT2D eigenvalue weighted by molar-refractivity contribution is 0.795. The van der Waals surface area contributed by atoms with E-state index in [1.54, 1.807) is 0 Å². The zero-order valence-electron chi connectivity index (χ0n) is 59.6. The van der Waals surface area contributed by atoms with Crippen LogP contribution >= 0.6 is 0 Å². The summed E-state index contributed by atoms with van der Waals surface area (Å²) < 4.78 is 0. The van der Waals surface area contributed by atoms with E-state index in [0.717, 1.165) is 45.3 Å². The normalized spacial score (nSPS) is 13.3. The summed E-state index contributed by atoms with van der Waals surface area (Å²) in [7, 11) is 0. The van der Waals surface area contributed by atoms with Crippen molar-refractivity contribution in [2.75, 3.05) is 9.80 Å². The van der Waals surface area contributed by atoms with Gasteiger partial charge in [0.25, 0.3) is 0 Å². The van der Waals surface area contributed by atoms with Crippen molar-refractivity contribution in [1.82, 2.24) is 0 Å². The van der Waals surface area contributed by atoms with Crippen molar-refractivity contribution in [1.29, 1.82) is 0 Å². The number of rotatable bonds is 9. The first-order valence-electron chi connectivity index (χ1n) is 37.5. The van der Waals surface area contributed by atoms with E-state index in [2.05, 4.69) is 401 Å². The van der Waals surface area contributed by atoms with Gasteiger partial charge in [0, 0.05) is 33.4 Å². The smallest absolute Gasteiger partial charge is 0.0726 e. The molecule has 22 rings (SSSR count). The Kier molecular flexibility index (Phi) is 13.3. The minimum Gasteiger partial charge on any atom is -0.310 e. The first-order chi connectivity index (χ1) is 52.8. The zero-order valence-corrected chi connectivity index (χ0v) is 59.6. The number of benzene rings is 18. The maximum absolute atomic E-state index is 2.60. The van der Waals surface area contributed by atoms with Gasteiger partial charge in [-0.3, -0.25) is 0 Å². The van der Waals surface area contributed by atoms with Crippen LogP contribution in [-0.4, -0.2) is 0 Å². The van der Waals surface area contributed by atoms with E-state index in [-0.39, 0.29) is 0 Å². The number of hydrogen-bond donors (Lipinski definition) is 0. The van der Waals surface area contributed by atoms with Crippen molar-refractivity contribution >= 4 is 77.2 Å². The van der Waals surface area contributed by atoms with E-state index in [1.165, 1.54) is 171 Å². The fourth-order valence-electron chi connectivity index (χ4n) is 19.9. The highest BCUT2D eigenvalue weighted by molar-refractivity contribution is 6.20. The molecule has 500 valence electrons. The van der Waals surface area contributed by atoms with Crippen LogP contribution in [0.25, 0.3) is 121 Å². The van der Waals surface area contributed by atoms with Crippen LogP contribution in [0.15, 0.2) is 370 Å². The van der Waals surface area contributed by atoms with Gasteiger partial charge in [-0.15, -0.1) is 0 Å². The summed E-state index contributed by atoms with van der Waals surface area (Å²) in [6.45, 7) is 6.84. The van der Waals surface area contributed by atoms with E-state index in [1.807, 2.05) is 0 Å². The number of hydrogen-bond acceptors (Lipinski definition) is 2. The second-order valence-corrected chi connectivity index (χ2v) is 29.8. The Morgan fingerprint density at radius 2 is 0.617 bits per heavy atom. The second-order valence-electron chi connectivity index (χ2n) is 29.8.